The van der Waals surface area contributed by atoms with E-state index in [9.17, 15) is 13.2 Å². The molecule has 0 spiro atoms. The van der Waals surface area contributed by atoms with Crippen LogP contribution in [-0.2, 0) is 20.9 Å². The highest BCUT2D eigenvalue weighted by molar-refractivity contribution is 7.90. The third-order valence-corrected chi connectivity index (χ3v) is 9.26. The van der Waals surface area contributed by atoms with Crippen molar-refractivity contribution >= 4 is 33.3 Å². The number of nitrogens with zero attached hydrogens (tertiary/aromatic N) is 4. The summed E-state index contributed by atoms with van der Waals surface area (Å²) in [5.74, 6) is 0.370. The summed E-state index contributed by atoms with van der Waals surface area (Å²) in [7, 11) is -4.34. The molecule has 2 atom stereocenters. The highest BCUT2D eigenvalue weighted by Crippen LogP contribution is 2.32. The Kier molecular flexibility index (Phi) is 9.73. The second-order valence-corrected chi connectivity index (χ2v) is 16.3. The van der Waals surface area contributed by atoms with Gasteiger partial charge in [0.05, 0.1) is 17.3 Å². The Bertz CT molecular complexity index is 1610. The second-order valence-electron chi connectivity index (χ2n) is 14.3. The van der Waals surface area contributed by atoms with E-state index in [0.29, 0.717) is 17.6 Å². The fourth-order valence-electron chi connectivity index (χ4n) is 5.22. The Morgan fingerprint density at radius 2 is 1.82 bits per heavy atom. The first-order chi connectivity index (χ1) is 20.3. The molecule has 0 saturated carbocycles. The predicted octanol–water partition coefficient (Wildman–Crippen LogP) is 5.96. The van der Waals surface area contributed by atoms with E-state index in [1.54, 1.807) is 12.1 Å². The van der Waals surface area contributed by atoms with Gasteiger partial charge in [-0.2, -0.15) is 8.42 Å². The summed E-state index contributed by atoms with van der Waals surface area (Å²) < 4.78 is 28.6. The van der Waals surface area contributed by atoms with Crippen LogP contribution < -0.4 is 15.4 Å². The molecule has 4 rings (SSSR count). The number of rotatable bonds is 9. The first kappa shape index (κ1) is 33.7. The third-order valence-electron chi connectivity index (χ3n) is 7.74. The minimum Gasteiger partial charge on any atom is -0.362 e. The van der Waals surface area contributed by atoms with Gasteiger partial charge in [-0.15, -0.1) is 0 Å². The Labute approximate surface area is 266 Å². The fourth-order valence-corrected chi connectivity index (χ4v) is 6.37. The third kappa shape index (κ3) is 8.51. The van der Waals surface area contributed by atoms with Crippen molar-refractivity contribution in [2.45, 2.75) is 102 Å². The molecule has 4 heterocycles. The van der Waals surface area contributed by atoms with Crippen molar-refractivity contribution < 1.29 is 13.2 Å². The van der Waals surface area contributed by atoms with E-state index in [1.807, 2.05) is 33.0 Å². The van der Waals surface area contributed by atoms with Crippen LogP contribution in [0.5, 0.6) is 0 Å². The fraction of sp³-hybridized carbons (Fsp3) is 0.531. The van der Waals surface area contributed by atoms with Gasteiger partial charge in [-0.3, -0.25) is 9.78 Å². The van der Waals surface area contributed by atoms with Crippen molar-refractivity contribution in [3.05, 3.63) is 70.5 Å². The number of carbonyl (C=O) groups is 1. The van der Waals surface area contributed by atoms with E-state index in [2.05, 4.69) is 71.0 Å². The Morgan fingerprint density at radius 3 is 2.43 bits per heavy atom. The van der Waals surface area contributed by atoms with E-state index in [4.69, 9.17) is 16.6 Å². The SMILES string of the molecule is CC1(C)C[C@H](CCC(Nc2cccc(S(=O)(=O)NC(=O)c3cnc(C(C)(C)C)nc3Cl)n2)c2cc(C(C)(C)C)ccn2)CN1. The molecule has 1 unspecified atom stereocenters. The Balaban J connectivity index is 1.56. The number of anilines is 1. The van der Waals surface area contributed by atoms with Crippen molar-refractivity contribution in [2.75, 3.05) is 11.9 Å². The lowest BCUT2D eigenvalue weighted by Gasteiger charge is -2.24. The molecule has 12 heteroatoms. The molecule has 0 bridgehead atoms. The van der Waals surface area contributed by atoms with Crippen LogP contribution in [0.1, 0.15) is 108 Å². The number of aromatic nitrogens is 4. The van der Waals surface area contributed by atoms with Crippen molar-refractivity contribution in [1.82, 2.24) is 30.0 Å². The molecule has 44 heavy (non-hydrogen) atoms. The van der Waals surface area contributed by atoms with Gasteiger partial charge in [0, 0.05) is 23.3 Å². The van der Waals surface area contributed by atoms with Gasteiger partial charge in [0.15, 0.2) is 5.03 Å². The van der Waals surface area contributed by atoms with Crippen molar-refractivity contribution in [3.63, 3.8) is 0 Å². The summed E-state index contributed by atoms with van der Waals surface area (Å²) in [5.41, 5.74) is 1.52. The van der Waals surface area contributed by atoms with Gasteiger partial charge in [-0.1, -0.05) is 59.2 Å². The Hall–Kier alpha value is -3.15. The molecule has 3 N–H and O–H groups in total. The van der Waals surface area contributed by atoms with Crippen LogP contribution >= 0.6 is 11.6 Å². The van der Waals surface area contributed by atoms with E-state index >= 15 is 0 Å². The standard InChI is InChI=1S/C32H44ClN7O3S/c1-30(2,3)21-14-15-34-24(16-21)23(13-12-20-17-32(7,8)36-18-20)37-25-10-9-11-26(38-25)44(42,43)40-28(41)22-19-35-29(31(4,5)6)39-27(22)33/h9-11,14-16,19-20,23,36H,12-13,17-18H2,1-8H3,(H,37,38)(H,40,41)/t20-,23?/m0/s1. The minimum atomic E-state index is -4.34. The van der Waals surface area contributed by atoms with Crippen LogP contribution in [0.3, 0.4) is 0 Å². The maximum absolute atomic E-state index is 13.3. The first-order valence-electron chi connectivity index (χ1n) is 14.9. The zero-order chi connectivity index (χ0) is 32.5. The number of hydrogen-bond acceptors (Lipinski definition) is 9. The molecule has 10 nitrogen and oxygen atoms in total. The predicted molar refractivity (Wildman–Crippen MR) is 173 cm³/mol. The van der Waals surface area contributed by atoms with Gasteiger partial charge in [0.25, 0.3) is 15.9 Å². The summed E-state index contributed by atoms with van der Waals surface area (Å²) in [5, 5.41) is 6.58. The number of carbonyl (C=O) groups excluding carboxylic acids is 1. The molecule has 1 aliphatic rings. The monoisotopic (exact) mass is 641 g/mol. The topological polar surface area (TPSA) is 139 Å². The highest BCUT2D eigenvalue weighted by Gasteiger charge is 2.31. The van der Waals surface area contributed by atoms with E-state index in [-0.39, 0.29) is 32.7 Å². The van der Waals surface area contributed by atoms with Crippen LogP contribution in [0.4, 0.5) is 5.82 Å². The number of hydrogen-bond donors (Lipinski definition) is 3. The maximum Gasteiger partial charge on any atom is 0.281 e. The molecule has 0 aromatic carbocycles. The number of halogens is 1. The highest BCUT2D eigenvalue weighted by atomic mass is 35.5. The number of amides is 1. The molecule has 0 radical (unpaired) electrons. The van der Waals surface area contributed by atoms with E-state index in [0.717, 1.165) is 37.1 Å². The lowest BCUT2D eigenvalue weighted by Crippen LogP contribution is -2.32. The summed E-state index contributed by atoms with van der Waals surface area (Å²) in [6.07, 6.45) is 5.87. The maximum atomic E-state index is 13.3. The number of pyridine rings is 2. The zero-order valence-corrected chi connectivity index (χ0v) is 28.4. The van der Waals surface area contributed by atoms with Crippen LogP contribution in [0.15, 0.2) is 47.8 Å². The van der Waals surface area contributed by atoms with E-state index < -0.39 is 21.3 Å². The van der Waals surface area contributed by atoms with Crippen molar-refractivity contribution in [2.24, 2.45) is 5.92 Å². The molecule has 3 aromatic rings. The van der Waals surface area contributed by atoms with Crippen molar-refractivity contribution in [3.8, 4) is 0 Å². The lowest BCUT2D eigenvalue weighted by molar-refractivity contribution is 0.0980. The normalized spacial score (nSPS) is 17.7. The summed E-state index contributed by atoms with van der Waals surface area (Å²) in [6, 6.07) is 8.54. The van der Waals surface area contributed by atoms with Crippen LogP contribution in [0.25, 0.3) is 0 Å². The minimum absolute atomic E-state index is 0.0624. The zero-order valence-electron chi connectivity index (χ0n) is 26.8. The molecule has 1 fully saturated rings. The van der Waals surface area contributed by atoms with Gasteiger partial charge < -0.3 is 10.6 Å². The lowest BCUT2D eigenvalue weighted by atomic mass is 9.86. The first-order valence-corrected chi connectivity index (χ1v) is 16.8. The molecule has 3 aromatic heterocycles. The largest absolute Gasteiger partial charge is 0.362 e. The van der Waals surface area contributed by atoms with Crippen LogP contribution in [0.2, 0.25) is 5.15 Å². The summed E-state index contributed by atoms with van der Waals surface area (Å²) in [6.45, 7) is 17.6. The number of nitrogens with one attached hydrogen (secondary N) is 3. The molecule has 1 amide bonds. The molecule has 238 valence electrons. The summed E-state index contributed by atoms with van der Waals surface area (Å²) >= 11 is 6.24. The van der Waals surface area contributed by atoms with Gasteiger partial charge in [-0.25, -0.2) is 19.7 Å². The molecular formula is C32H44ClN7O3S. The molecular weight excluding hydrogens is 598 g/mol. The van der Waals surface area contributed by atoms with Crippen LogP contribution in [0, 0.1) is 5.92 Å². The average Bonchev–Trinajstić information content (AvgIpc) is 3.28. The van der Waals surface area contributed by atoms with Gasteiger partial charge >= 0.3 is 0 Å². The van der Waals surface area contributed by atoms with Gasteiger partial charge in [0.1, 0.15) is 16.8 Å². The Morgan fingerprint density at radius 1 is 1.09 bits per heavy atom. The van der Waals surface area contributed by atoms with E-state index in [1.165, 1.54) is 12.3 Å². The molecule has 1 saturated heterocycles. The smallest absolute Gasteiger partial charge is 0.281 e. The second kappa shape index (κ2) is 12.7. The average molecular weight is 642 g/mol. The van der Waals surface area contributed by atoms with Gasteiger partial charge in [0.2, 0.25) is 0 Å². The summed E-state index contributed by atoms with van der Waals surface area (Å²) in [4.78, 5) is 30.4. The van der Waals surface area contributed by atoms with Gasteiger partial charge in [-0.05, 0) is 80.8 Å². The molecule has 0 aliphatic carbocycles. The quantitative estimate of drug-likeness (QED) is 0.242. The molecule has 1 aliphatic heterocycles. The number of sulfonamides is 1. The van der Waals surface area contributed by atoms with Crippen LogP contribution in [-0.4, -0.2) is 46.3 Å². The van der Waals surface area contributed by atoms with Crippen molar-refractivity contribution in [1.29, 1.82) is 0 Å².